The Morgan fingerprint density at radius 2 is 1.84 bits per heavy atom. The summed E-state index contributed by atoms with van der Waals surface area (Å²) in [6, 6.07) is 6.82. The van der Waals surface area contributed by atoms with Crippen LogP contribution in [0.1, 0.15) is 31.7 Å². The highest BCUT2D eigenvalue weighted by atomic mass is 19.1. The minimum atomic E-state index is -0.262. The maximum Gasteiger partial charge on any atom is 0.249 e. The van der Waals surface area contributed by atoms with Crippen molar-refractivity contribution in [3.63, 3.8) is 0 Å². The van der Waals surface area contributed by atoms with Crippen LogP contribution >= 0.6 is 0 Å². The molecule has 0 N–H and O–H groups in total. The van der Waals surface area contributed by atoms with Gasteiger partial charge >= 0.3 is 0 Å². The highest BCUT2D eigenvalue weighted by Gasteiger charge is 2.25. The number of ether oxygens (including phenoxy) is 1. The molecule has 2 aliphatic heterocycles. The molecule has 2 saturated heterocycles. The van der Waals surface area contributed by atoms with Gasteiger partial charge in [-0.15, -0.1) is 0 Å². The molecule has 2 aliphatic rings. The molecule has 4 nitrogen and oxygen atoms in total. The van der Waals surface area contributed by atoms with E-state index in [1.54, 1.807) is 12.1 Å². The summed E-state index contributed by atoms with van der Waals surface area (Å²) in [4.78, 5) is 17.2. The molecule has 25 heavy (non-hydrogen) atoms. The van der Waals surface area contributed by atoms with Crippen molar-refractivity contribution in [3.05, 3.63) is 41.2 Å². The van der Waals surface area contributed by atoms with Crippen LogP contribution in [0.4, 0.5) is 4.39 Å². The fraction of sp³-hybridized carbons (Fsp3) is 0.550. The lowest BCUT2D eigenvalue weighted by molar-refractivity contribution is -0.126. The van der Waals surface area contributed by atoms with Crippen molar-refractivity contribution in [2.24, 2.45) is 0 Å². The van der Waals surface area contributed by atoms with E-state index in [4.69, 9.17) is 4.74 Å². The van der Waals surface area contributed by atoms with Gasteiger partial charge in [-0.25, -0.2) is 4.39 Å². The molecule has 2 fully saturated rings. The Morgan fingerprint density at radius 3 is 2.56 bits per heavy atom. The number of hydrogen-bond donors (Lipinski definition) is 0. The monoisotopic (exact) mass is 346 g/mol. The summed E-state index contributed by atoms with van der Waals surface area (Å²) < 4.78 is 18.5. The SMILES string of the molecule is C/C(=C\c1ccc(F)cc1)C(=O)N1CCCN(C2CCOCC2)CC1. The van der Waals surface area contributed by atoms with Crippen LogP contribution in [0.5, 0.6) is 0 Å². The third kappa shape index (κ3) is 4.89. The predicted molar refractivity (Wildman–Crippen MR) is 96.7 cm³/mol. The van der Waals surface area contributed by atoms with Crippen molar-refractivity contribution in [1.82, 2.24) is 9.80 Å². The van der Waals surface area contributed by atoms with Crippen molar-refractivity contribution < 1.29 is 13.9 Å². The van der Waals surface area contributed by atoms with E-state index in [1.807, 2.05) is 17.9 Å². The zero-order valence-electron chi connectivity index (χ0n) is 14.9. The van der Waals surface area contributed by atoms with Crippen molar-refractivity contribution in [2.75, 3.05) is 39.4 Å². The molecule has 0 spiro atoms. The number of carbonyl (C=O) groups excluding carboxylic acids is 1. The van der Waals surface area contributed by atoms with Crippen molar-refractivity contribution >= 4 is 12.0 Å². The van der Waals surface area contributed by atoms with Gasteiger partial charge in [-0.05, 0) is 50.0 Å². The Bertz CT molecular complexity index is 609. The molecule has 0 saturated carbocycles. The van der Waals surface area contributed by atoms with Crippen LogP contribution in [0.3, 0.4) is 0 Å². The van der Waals surface area contributed by atoms with Gasteiger partial charge in [-0.2, -0.15) is 0 Å². The first-order chi connectivity index (χ1) is 12.1. The highest BCUT2D eigenvalue weighted by Crippen LogP contribution is 2.18. The molecule has 2 heterocycles. The molecule has 5 heteroatoms. The number of amides is 1. The van der Waals surface area contributed by atoms with E-state index in [-0.39, 0.29) is 11.7 Å². The van der Waals surface area contributed by atoms with Gasteiger partial charge in [-0.1, -0.05) is 12.1 Å². The summed E-state index contributed by atoms with van der Waals surface area (Å²) in [6.07, 6.45) is 5.03. The maximum atomic E-state index is 13.0. The van der Waals surface area contributed by atoms with Crippen molar-refractivity contribution in [2.45, 2.75) is 32.2 Å². The Hall–Kier alpha value is -1.72. The van der Waals surface area contributed by atoms with E-state index in [2.05, 4.69) is 4.90 Å². The van der Waals surface area contributed by atoms with Crippen LogP contribution in [-0.4, -0.2) is 61.1 Å². The van der Waals surface area contributed by atoms with Crippen LogP contribution in [0, 0.1) is 5.82 Å². The van der Waals surface area contributed by atoms with Crippen LogP contribution in [0.15, 0.2) is 29.8 Å². The first-order valence-corrected chi connectivity index (χ1v) is 9.18. The van der Waals surface area contributed by atoms with Gasteiger partial charge < -0.3 is 9.64 Å². The lowest BCUT2D eigenvalue weighted by Gasteiger charge is -2.33. The summed E-state index contributed by atoms with van der Waals surface area (Å²) >= 11 is 0. The molecule has 0 aromatic heterocycles. The van der Waals surface area contributed by atoms with E-state index in [0.717, 1.165) is 64.2 Å². The molecular weight excluding hydrogens is 319 g/mol. The molecule has 0 unspecified atom stereocenters. The predicted octanol–water partition coefficient (Wildman–Crippen LogP) is 2.94. The first kappa shape index (κ1) is 18.1. The Balaban J connectivity index is 1.59. The van der Waals surface area contributed by atoms with E-state index in [0.29, 0.717) is 11.6 Å². The van der Waals surface area contributed by atoms with Crippen LogP contribution in [-0.2, 0) is 9.53 Å². The summed E-state index contributed by atoms with van der Waals surface area (Å²) in [5.41, 5.74) is 1.55. The molecule has 0 radical (unpaired) electrons. The second-order valence-electron chi connectivity index (χ2n) is 6.90. The lowest BCUT2D eigenvalue weighted by atomic mass is 10.1. The minimum Gasteiger partial charge on any atom is -0.381 e. The highest BCUT2D eigenvalue weighted by molar-refractivity contribution is 5.97. The molecule has 1 aromatic rings. The van der Waals surface area contributed by atoms with Crippen LogP contribution in [0.2, 0.25) is 0 Å². The molecule has 3 rings (SSSR count). The van der Waals surface area contributed by atoms with Crippen LogP contribution in [0.25, 0.3) is 6.08 Å². The second-order valence-corrected chi connectivity index (χ2v) is 6.90. The first-order valence-electron chi connectivity index (χ1n) is 9.18. The molecular formula is C20H27FN2O2. The summed E-state index contributed by atoms with van der Waals surface area (Å²) in [7, 11) is 0. The van der Waals surface area contributed by atoms with E-state index >= 15 is 0 Å². The van der Waals surface area contributed by atoms with Gasteiger partial charge in [0.1, 0.15) is 5.82 Å². The fourth-order valence-electron chi connectivity index (χ4n) is 3.68. The molecule has 1 amide bonds. The number of benzene rings is 1. The largest absolute Gasteiger partial charge is 0.381 e. The summed E-state index contributed by atoms with van der Waals surface area (Å²) in [6.45, 7) is 7.09. The smallest absolute Gasteiger partial charge is 0.249 e. The zero-order chi connectivity index (χ0) is 17.6. The average molecular weight is 346 g/mol. The topological polar surface area (TPSA) is 32.8 Å². The Labute approximate surface area is 149 Å². The maximum absolute atomic E-state index is 13.0. The van der Waals surface area contributed by atoms with Gasteiger partial charge in [0.15, 0.2) is 0 Å². The van der Waals surface area contributed by atoms with Gasteiger partial charge in [-0.3, -0.25) is 9.69 Å². The van der Waals surface area contributed by atoms with Crippen LogP contribution < -0.4 is 0 Å². The number of rotatable bonds is 3. The van der Waals surface area contributed by atoms with Gasteiger partial charge in [0.05, 0.1) is 0 Å². The van der Waals surface area contributed by atoms with Gasteiger partial charge in [0.25, 0.3) is 0 Å². The zero-order valence-corrected chi connectivity index (χ0v) is 14.9. The van der Waals surface area contributed by atoms with Crippen molar-refractivity contribution in [3.8, 4) is 0 Å². The summed E-state index contributed by atoms with van der Waals surface area (Å²) in [5, 5.41) is 0. The molecule has 0 aliphatic carbocycles. The standard InChI is InChI=1S/C20H27FN2O2/c1-16(15-17-3-5-18(21)6-4-17)20(24)23-10-2-9-22(11-12-23)19-7-13-25-14-8-19/h3-6,15,19H,2,7-14H2,1H3/b16-15+. The Morgan fingerprint density at radius 1 is 1.12 bits per heavy atom. The molecule has 136 valence electrons. The minimum absolute atomic E-state index is 0.0816. The van der Waals surface area contributed by atoms with Crippen molar-refractivity contribution in [1.29, 1.82) is 0 Å². The average Bonchev–Trinajstić information content (AvgIpc) is 2.90. The molecule has 0 bridgehead atoms. The van der Waals surface area contributed by atoms with Gasteiger partial charge in [0.2, 0.25) is 5.91 Å². The normalized spacial score (nSPS) is 21.2. The van der Waals surface area contributed by atoms with E-state index in [9.17, 15) is 9.18 Å². The number of nitrogens with zero attached hydrogens (tertiary/aromatic N) is 2. The Kier molecular flexibility index (Phi) is 6.21. The van der Waals surface area contributed by atoms with Gasteiger partial charge in [0, 0.05) is 51.0 Å². The number of halogens is 1. The number of carbonyl (C=O) groups is 1. The second kappa shape index (κ2) is 8.59. The lowest BCUT2D eigenvalue weighted by Crippen LogP contribution is -2.42. The fourth-order valence-corrected chi connectivity index (χ4v) is 3.68. The summed E-state index contributed by atoms with van der Waals surface area (Å²) in [5.74, 6) is -0.181. The third-order valence-electron chi connectivity index (χ3n) is 5.12. The quantitative estimate of drug-likeness (QED) is 0.789. The molecule has 0 atom stereocenters. The van der Waals surface area contributed by atoms with E-state index < -0.39 is 0 Å². The van der Waals surface area contributed by atoms with E-state index in [1.165, 1.54) is 12.1 Å². The third-order valence-corrected chi connectivity index (χ3v) is 5.12. The molecule has 1 aromatic carbocycles. The number of hydrogen-bond acceptors (Lipinski definition) is 3.